The van der Waals surface area contributed by atoms with E-state index in [2.05, 4.69) is 0 Å². The molecular formula is C14H9F3OS. The van der Waals surface area contributed by atoms with Crippen LogP contribution >= 0.6 is 11.8 Å². The molecular weight excluding hydrogens is 273 g/mol. The molecule has 2 aromatic carbocycles. The van der Waals surface area contributed by atoms with Crippen molar-refractivity contribution < 1.29 is 18.0 Å². The molecule has 0 aliphatic carbocycles. The van der Waals surface area contributed by atoms with Crippen LogP contribution in [0, 0.1) is 0 Å². The Kier molecular flexibility index (Phi) is 3.95. The summed E-state index contributed by atoms with van der Waals surface area (Å²) in [6.07, 6.45) is -3.67. The van der Waals surface area contributed by atoms with Gasteiger partial charge in [0.15, 0.2) is 6.29 Å². The maximum Gasteiger partial charge on any atom is 0.416 e. The van der Waals surface area contributed by atoms with E-state index in [0.717, 1.165) is 23.9 Å². The van der Waals surface area contributed by atoms with Crippen molar-refractivity contribution in [2.75, 3.05) is 0 Å². The predicted molar refractivity (Wildman–Crippen MR) is 67.4 cm³/mol. The fourth-order valence-electron chi connectivity index (χ4n) is 1.53. The number of rotatable bonds is 3. The summed E-state index contributed by atoms with van der Waals surface area (Å²) in [6, 6.07) is 11.8. The van der Waals surface area contributed by atoms with Crippen molar-refractivity contribution >= 4 is 18.0 Å². The molecule has 0 aliphatic heterocycles. The molecule has 0 saturated carbocycles. The zero-order valence-corrected chi connectivity index (χ0v) is 10.5. The van der Waals surface area contributed by atoms with Crippen LogP contribution in [0.15, 0.2) is 58.3 Å². The zero-order valence-electron chi connectivity index (χ0n) is 9.65. The first-order valence-electron chi connectivity index (χ1n) is 5.40. The van der Waals surface area contributed by atoms with E-state index in [9.17, 15) is 18.0 Å². The van der Waals surface area contributed by atoms with Crippen molar-refractivity contribution in [1.29, 1.82) is 0 Å². The van der Waals surface area contributed by atoms with E-state index in [-0.39, 0.29) is 0 Å². The van der Waals surface area contributed by atoms with Crippen molar-refractivity contribution in [2.45, 2.75) is 16.0 Å². The van der Waals surface area contributed by atoms with E-state index in [4.69, 9.17) is 0 Å². The molecule has 5 heteroatoms. The maximum absolute atomic E-state index is 12.6. The number of alkyl halides is 3. The van der Waals surface area contributed by atoms with Gasteiger partial charge in [0.2, 0.25) is 0 Å². The van der Waals surface area contributed by atoms with Gasteiger partial charge in [0.1, 0.15) is 0 Å². The third-order valence-electron chi connectivity index (χ3n) is 2.44. The molecule has 0 spiro atoms. The van der Waals surface area contributed by atoms with E-state index < -0.39 is 11.7 Å². The maximum atomic E-state index is 12.6. The second kappa shape index (κ2) is 5.48. The van der Waals surface area contributed by atoms with Crippen LogP contribution in [0.25, 0.3) is 0 Å². The first kappa shape index (κ1) is 13.7. The molecule has 0 aliphatic rings. The highest BCUT2D eigenvalue weighted by Crippen LogP contribution is 2.35. The molecule has 0 amide bonds. The average molecular weight is 282 g/mol. The number of carbonyl (C=O) groups excluding carboxylic acids is 1. The van der Waals surface area contributed by atoms with Crippen LogP contribution in [0.5, 0.6) is 0 Å². The lowest BCUT2D eigenvalue weighted by Crippen LogP contribution is -2.04. The van der Waals surface area contributed by atoms with E-state index in [1.165, 1.54) is 6.07 Å². The zero-order chi connectivity index (χ0) is 13.9. The predicted octanol–water partition coefficient (Wildman–Crippen LogP) is 4.67. The number of aldehydes is 1. The fraction of sp³-hybridized carbons (Fsp3) is 0.0714. The minimum Gasteiger partial charge on any atom is -0.298 e. The largest absolute Gasteiger partial charge is 0.416 e. The molecule has 0 N–H and O–H groups in total. The van der Waals surface area contributed by atoms with Gasteiger partial charge in [0.25, 0.3) is 0 Å². The van der Waals surface area contributed by atoms with Crippen LogP contribution in [-0.4, -0.2) is 6.29 Å². The molecule has 0 unspecified atom stereocenters. The molecule has 0 radical (unpaired) electrons. The summed E-state index contributed by atoms with van der Waals surface area (Å²) in [5.41, 5.74) is -0.231. The molecule has 0 atom stereocenters. The minimum atomic E-state index is -4.36. The smallest absolute Gasteiger partial charge is 0.298 e. The SMILES string of the molecule is O=Cc1ccccc1Sc1cccc(C(F)(F)F)c1. The van der Waals surface area contributed by atoms with Crippen LogP contribution in [0.1, 0.15) is 15.9 Å². The lowest BCUT2D eigenvalue weighted by molar-refractivity contribution is -0.137. The lowest BCUT2D eigenvalue weighted by Gasteiger charge is -2.09. The highest BCUT2D eigenvalue weighted by Gasteiger charge is 2.30. The summed E-state index contributed by atoms with van der Waals surface area (Å²) in [4.78, 5) is 11.9. The quantitative estimate of drug-likeness (QED) is 0.761. The van der Waals surface area contributed by atoms with Gasteiger partial charge >= 0.3 is 6.18 Å². The molecule has 98 valence electrons. The standard InChI is InChI=1S/C14H9F3OS/c15-14(16,17)11-5-3-6-12(8-11)19-13-7-2-1-4-10(13)9-18/h1-9H. The summed E-state index contributed by atoms with van der Waals surface area (Å²) < 4.78 is 37.8. The number of halogens is 3. The molecule has 0 bridgehead atoms. The molecule has 1 nitrogen and oxygen atoms in total. The Morgan fingerprint density at radius 1 is 1.00 bits per heavy atom. The number of carbonyl (C=O) groups is 1. The van der Waals surface area contributed by atoms with Crippen LogP contribution in [0.2, 0.25) is 0 Å². The summed E-state index contributed by atoms with van der Waals surface area (Å²) >= 11 is 1.14. The second-order valence-corrected chi connectivity index (χ2v) is 4.90. The van der Waals surface area contributed by atoms with Crippen molar-refractivity contribution in [3.05, 3.63) is 59.7 Å². The topological polar surface area (TPSA) is 17.1 Å². The van der Waals surface area contributed by atoms with E-state index in [1.807, 2.05) is 0 Å². The van der Waals surface area contributed by atoms with Gasteiger partial charge in [0, 0.05) is 15.4 Å². The van der Waals surface area contributed by atoms with Crippen LogP contribution in [0.3, 0.4) is 0 Å². The summed E-state index contributed by atoms with van der Waals surface area (Å²) in [5, 5.41) is 0. The fourth-order valence-corrected chi connectivity index (χ4v) is 2.50. The van der Waals surface area contributed by atoms with Gasteiger partial charge in [0.05, 0.1) is 5.56 Å². The Labute approximate surface area is 112 Å². The second-order valence-electron chi connectivity index (χ2n) is 3.78. The van der Waals surface area contributed by atoms with Gasteiger partial charge in [-0.25, -0.2) is 0 Å². The Hall–Kier alpha value is -1.75. The minimum absolute atomic E-state index is 0.448. The summed E-state index contributed by atoms with van der Waals surface area (Å²) in [6.45, 7) is 0. The Morgan fingerprint density at radius 2 is 1.74 bits per heavy atom. The Bertz CT molecular complexity index is 593. The molecule has 2 aromatic rings. The number of hydrogen-bond acceptors (Lipinski definition) is 2. The first-order valence-corrected chi connectivity index (χ1v) is 6.21. The van der Waals surface area contributed by atoms with E-state index in [0.29, 0.717) is 21.6 Å². The third kappa shape index (κ3) is 3.38. The van der Waals surface area contributed by atoms with E-state index in [1.54, 1.807) is 30.3 Å². The summed E-state index contributed by atoms with van der Waals surface area (Å²) in [5.74, 6) is 0. The number of hydrogen-bond donors (Lipinski definition) is 0. The van der Waals surface area contributed by atoms with E-state index >= 15 is 0 Å². The molecule has 19 heavy (non-hydrogen) atoms. The average Bonchev–Trinajstić information content (AvgIpc) is 2.39. The first-order chi connectivity index (χ1) is 9.00. The van der Waals surface area contributed by atoms with Crippen LogP contribution < -0.4 is 0 Å². The molecule has 0 heterocycles. The van der Waals surface area contributed by atoms with Gasteiger partial charge < -0.3 is 0 Å². The Morgan fingerprint density at radius 3 is 2.42 bits per heavy atom. The third-order valence-corrected chi connectivity index (χ3v) is 3.52. The van der Waals surface area contributed by atoms with Crippen molar-refractivity contribution in [1.82, 2.24) is 0 Å². The molecule has 0 aromatic heterocycles. The van der Waals surface area contributed by atoms with Crippen LogP contribution in [0.4, 0.5) is 13.2 Å². The number of benzene rings is 2. The highest BCUT2D eigenvalue weighted by molar-refractivity contribution is 7.99. The summed E-state index contributed by atoms with van der Waals surface area (Å²) in [7, 11) is 0. The van der Waals surface area contributed by atoms with Crippen LogP contribution in [-0.2, 0) is 6.18 Å². The van der Waals surface area contributed by atoms with Gasteiger partial charge in [-0.05, 0) is 24.3 Å². The monoisotopic (exact) mass is 282 g/mol. The Balaban J connectivity index is 2.31. The van der Waals surface area contributed by atoms with Gasteiger partial charge in [-0.3, -0.25) is 4.79 Å². The molecule has 2 rings (SSSR count). The molecule has 0 saturated heterocycles. The van der Waals surface area contributed by atoms with Gasteiger partial charge in [-0.2, -0.15) is 13.2 Å². The van der Waals surface area contributed by atoms with Gasteiger partial charge in [-0.1, -0.05) is 36.0 Å². The van der Waals surface area contributed by atoms with Crippen molar-refractivity contribution in [2.24, 2.45) is 0 Å². The lowest BCUT2D eigenvalue weighted by atomic mass is 10.2. The van der Waals surface area contributed by atoms with Crippen molar-refractivity contribution in [3.8, 4) is 0 Å². The molecule has 0 fully saturated rings. The van der Waals surface area contributed by atoms with Gasteiger partial charge in [-0.15, -0.1) is 0 Å². The van der Waals surface area contributed by atoms with Crippen molar-refractivity contribution in [3.63, 3.8) is 0 Å². The normalized spacial score (nSPS) is 11.3. The highest BCUT2D eigenvalue weighted by atomic mass is 32.2.